The number of amides is 4. The van der Waals surface area contributed by atoms with Crippen LogP contribution in [0.4, 0.5) is 0 Å². The van der Waals surface area contributed by atoms with Crippen LogP contribution in [0.15, 0.2) is 118 Å². The zero-order chi connectivity index (χ0) is 90.0. The van der Waals surface area contributed by atoms with Crippen molar-refractivity contribution in [2.45, 2.75) is 193 Å². The number of nitrogens with zero attached hydrogens (tertiary/aromatic N) is 8. The normalized spacial score (nSPS) is 20.6. The summed E-state index contributed by atoms with van der Waals surface area (Å²) in [7, 11) is 0. The van der Waals surface area contributed by atoms with E-state index in [0.29, 0.717) is 53.2 Å². The number of hydrogen-bond donors (Lipinski definition) is 8. The third-order valence-corrected chi connectivity index (χ3v) is 22.5. The fourth-order valence-corrected chi connectivity index (χ4v) is 15.5. The van der Waals surface area contributed by atoms with Gasteiger partial charge in [0, 0.05) is 102 Å². The largest absolute Gasteiger partial charge is 0.508 e. The summed E-state index contributed by atoms with van der Waals surface area (Å²) in [5, 5.41) is 97.6. The number of benzene rings is 4. The minimum atomic E-state index is -0.746. The standard InChI is InChI=1S/2C23H29ClN2O6.C23H30N2O6.C23H28N2O6/c2*24-22-17-13-16(25-32-15-20(29)26-10-6-4-7-11-26)9-5-2-1-3-8-12-31-23(30)21(17)18(27)14-19(22)28;2*26-19-14-17-13-18(24-31-16-21(28)25-10-6-4-7-11-25)9-5-2-1-3-8-12-30-23(29)22(17)20(27)15-19/h2*3,8,14,27-28H,1-2,4-7,9-13,15H2;3,8,14-15,26-27H,1-2,4-7,9-13,16H2;3,5,8-9,14-15,26-27H,1-2,4,6-7,10-13,16H2/b8-3+,25-16+;8-3+,25-16-;8-3+,24-18-;8-3+,9-5+,24-18+. The molecule has 4 aromatic rings. The van der Waals surface area contributed by atoms with Gasteiger partial charge in [-0.05, 0) is 207 Å². The molecule has 4 amide bonds. The number of likely N-dealkylation sites (tertiary alicyclic amines) is 4. The minimum absolute atomic E-state index is 0.00235. The van der Waals surface area contributed by atoms with Crippen molar-refractivity contribution in [2.24, 2.45) is 20.6 Å². The highest BCUT2D eigenvalue weighted by Gasteiger charge is 2.30. The topological polar surface area (TPSA) is 435 Å². The van der Waals surface area contributed by atoms with Gasteiger partial charge in [-0.25, -0.2) is 19.2 Å². The van der Waals surface area contributed by atoms with E-state index in [2.05, 4.69) is 20.6 Å². The second-order valence-corrected chi connectivity index (χ2v) is 32.0. The number of halogens is 2. The molecular weight excluding hydrogens is 1670 g/mol. The number of ether oxygens (including phenoxy) is 4. The first kappa shape index (κ1) is 98.0. The smallest absolute Gasteiger partial charge is 0.342 e. The van der Waals surface area contributed by atoms with Crippen molar-refractivity contribution in [1.29, 1.82) is 0 Å². The molecular formula is C92H116Cl2N8O24. The van der Waals surface area contributed by atoms with Gasteiger partial charge in [0.15, 0.2) is 26.4 Å². The Balaban J connectivity index is 0.000000190. The van der Waals surface area contributed by atoms with Crippen molar-refractivity contribution in [2.75, 3.05) is 105 Å². The lowest BCUT2D eigenvalue weighted by Gasteiger charge is -2.26. The van der Waals surface area contributed by atoms with E-state index in [1.807, 2.05) is 30.4 Å². The summed E-state index contributed by atoms with van der Waals surface area (Å²) in [5.74, 6) is -5.87. The highest BCUT2D eigenvalue weighted by atomic mass is 35.5. The van der Waals surface area contributed by atoms with Crippen molar-refractivity contribution in [3.8, 4) is 46.0 Å². The summed E-state index contributed by atoms with van der Waals surface area (Å²) < 4.78 is 20.9. The lowest BCUT2D eigenvalue weighted by Crippen LogP contribution is -2.37. The Hall–Kier alpha value is -11.8. The number of cyclic esters (lactones) is 4. The molecule has 126 heavy (non-hydrogen) atoms. The number of oxime groups is 4. The van der Waals surface area contributed by atoms with E-state index in [1.54, 1.807) is 50.0 Å². The number of piperidine rings is 4. The molecule has 8 heterocycles. The zero-order valence-electron chi connectivity index (χ0n) is 71.2. The van der Waals surface area contributed by atoms with Crippen LogP contribution in [-0.4, -0.2) is 236 Å². The van der Waals surface area contributed by atoms with Crippen LogP contribution in [0.5, 0.6) is 46.0 Å². The molecule has 0 saturated carbocycles. The maximum Gasteiger partial charge on any atom is 0.342 e. The van der Waals surface area contributed by atoms with Gasteiger partial charge < -0.3 is 98.7 Å². The van der Waals surface area contributed by atoms with Gasteiger partial charge in [0.2, 0.25) is 0 Å². The molecule has 0 aliphatic carbocycles. The number of phenolic OH excluding ortho intramolecular Hbond substituents is 8. The quantitative estimate of drug-likeness (QED) is 0.0283. The Morgan fingerprint density at radius 1 is 0.317 bits per heavy atom. The van der Waals surface area contributed by atoms with Crippen LogP contribution >= 0.6 is 23.2 Å². The number of carbonyl (C=O) groups is 8. The number of hydrogen-bond acceptors (Lipinski definition) is 28. The van der Waals surface area contributed by atoms with Crippen LogP contribution in [0.25, 0.3) is 0 Å². The third kappa shape index (κ3) is 32.0. The molecule has 0 radical (unpaired) electrons. The number of allylic oxidation sites excluding steroid dienone is 6. The summed E-state index contributed by atoms with van der Waals surface area (Å²) in [5.41, 5.74) is 3.11. The summed E-state index contributed by atoms with van der Waals surface area (Å²) in [6.07, 6.45) is 42.2. The number of rotatable bonds is 12. The zero-order valence-corrected chi connectivity index (χ0v) is 72.7. The number of carbonyl (C=O) groups excluding carboxylic acids is 8. The fraction of sp³-hybridized carbons (Fsp3) is 0.500. The van der Waals surface area contributed by atoms with Gasteiger partial charge in [-0.3, -0.25) is 19.2 Å². The molecule has 0 aromatic heterocycles. The van der Waals surface area contributed by atoms with Gasteiger partial charge >= 0.3 is 23.9 Å². The summed E-state index contributed by atoms with van der Waals surface area (Å²) in [6.45, 7) is 5.61. The van der Waals surface area contributed by atoms with E-state index in [-0.39, 0.29) is 180 Å². The van der Waals surface area contributed by atoms with Crippen LogP contribution < -0.4 is 0 Å². The second-order valence-electron chi connectivity index (χ2n) is 31.3. The molecule has 8 aliphatic heterocycles. The van der Waals surface area contributed by atoms with Crippen molar-refractivity contribution in [3.05, 3.63) is 152 Å². The highest BCUT2D eigenvalue weighted by molar-refractivity contribution is 6.34. The maximum absolute atomic E-state index is 12.6. The summed E-state index contributed by atoms with van der Waals surface area (Å²) >= 11 is 12.6. The molecule has 32 nitrogen and oxygen atoms in total. The Kier molecular flexibility index (Phi) is 41.1. The Morgan fingerprint density at radius 2 is 0.611 bits per heavy atom. The van der Waals surface area contributed by atoms with Crippen LogP contribution in [-0.2, 0) is 83.2 Å². The molecule has 8 aliphatic rings. The van der Waals surface area contributed by atoms with Crippen LogP contribution in [0.2, 0.25) is 10.0 Å². The lowest BCUT2D eigenvalue weighted by atomic mass is 9.97. The molecule has 4 fully saturated rings. The van der Waals surface area contributed by atoms with Crippen molar-refractivity contribution < 1.29 is 118 Å². The molecule has 0 unspecified atom stereocenters. The number of esters is 4. The molecule has 4 saturated heterocycles. The monoisotopic (exact) mass is 1790 g/mol. The van der Waals surface area contributed by atoms with Gasteiger partial charge in [0.25, 0.3) is 23.6 Å². The predicted molar refractivity (Wildman–Crippen MR) is 471 cm³/mol. The first-order valence-corrected chi connectivity index (χ1v) is 44.1. The van der Waals surface area contributed by atoms with Crippen molar-refractivity contribution >= 4 is 93.6 Å². The van der Waals surface area contributed by atoms with E-state index in [1.165, 1.54) is 12.1 Å². The maximum atomic E-state index is 12.6. The number of aromatic hydroxyl groups is 8. The minimum Gasteiger partial charge on any atom is -0.508 e. The van der Waals surface area contributed by atoms with Crippen molar-refractivity contribution in [3.63, 3.8) is 0 Å². The molecule has 12 rings (SSSR count). The van der Waals surface area contributed by atoms with Crippen LogP contribution in [0.3, 0.4) is 0 Å². The highest BCUT2D eigenvalue weighted by Crippen LogP contribution is 2.40. The van der Waals surface area contributed by atoms with E-state index in [0.717, 1.165) is 224 Å². The number of phenols is 8. The number of fused-ring (bicyclic) bond motifs is 4. The SMILES string of the molecule is O=C1OC/C=C/CC/C=C/C(=N\OCC(=O)N2CCCCC2)Cc2cc(O)cc(O)c21.O=C1OC/C=C/CCCC/C(=N/OCC(=O)N2CCCCC2)Cc2c(Cl)c(O)cc(O)c21.O=C1OC/C=C/CCCC/C(=N/OCC(=O)N2CCCCC2)Cc2cc(O)cc(O)c21.O=C1OC/C=C/CCCC/C(=N\OCC(=O)N2CCCCC2)Cc2c(Cl)c(O)cc(O)c21. The third-order valence-electron chi connectivity index (χ3n) is 21.7. The summed E-state index contributed by atoms with van der Waals surface area (Å²) in [4.78, 5) is 128. The molecule has 0 atom stereocenters. The lowest BCUT2D eigenvalue weighted by molar-refractivity contribution is -0.137. The molecule has 0 spiro atoms. The molecule has 4 aromatic carbocycles. The van der Waals surface area contributed by atoms with E-state index >= 15 is 0 Å². The Bertz CT molecular complexity index is 4520. The van der Waals surface area contributed by atoms with E-state index < -0.39 is 35.4 Å². The summed E-state index contributed by atoms with van der Waals surface area (Å²) in [6, 6.07) is 7.03. The van der Waals surface area contributed by atoms with Crippen molar-refractivity contribution in [1.82, 2.24) is 19.6 Å². The molecule has 0 bridgehead atoms. The van der Waals surface area contributed by atoms with Gasteiger partial charge in [-0.2, -0.15) is 0 Å². The van der Waals surface area contributed by atoms with E-state index in [9.17, 15) is 79.2 Å². The average Bonchev–Trinajstić information content (AvgIpc) is 0.826. The molecule has 8 N–H and O–H groups in total. The Labute approximate surface area is 743 Å². The van der Waals surface area contributed by atoms with Gasteiger partial charge in [0.05, 0.1) is 32.9 Å². The predicted octanol–water partition coefficient (Wildman–Crippen LogP) is 14.3. The fourth-order valence-electron chi connectivity index (χ4n) is 15.0. The first-order valence-electron chi connectivity index (χ1n) is 43.4. The molecule has 34 heteroatoms. The van der Waals surface area contributed by atoms with Crippen LogP contribution in [0, 0.1) is 0 Å². The van der Waals surface area contributed by atoms with Crippen LogP contribution in [0.1, 0.15) is 231 Å². The van der Waals surface area contributed by atoms with Gasteiger partial charge in [-0.1, -0.05) is 98.5 Å². The second kappa shape index (κ2) is 52.9. The first-order chi connectivity index (χ1) is 61.0. The van der Waals surface area contributed by atoms with Gasteiger partial charge in [-0.15, -0.1) is 0 Å². The Morgan fingerprint density at radius 3 is 0.960 bits per heavy atom. The average molecular weight is 1790 g/mol. The van der Waals surface area contributed by atoms with Gasteiger partial charge in [0.1, 0.15) is 94.7 Å². The molecule has 682 valence electrons. The van der Waals surface area contributed by atoms with E-state index in [4.69, 9.17) is 61.5 Å².